The quantitative estimate of drug-likeness (QED) is 0.507. The molecular weight excluding hydrogens is 280 g/mol. The number of nitrogens with zero attached hydrogens (tertiary/aromatic N) is 2. The van der Waals surface area contributed by atoms with Gasteiger partial charge in [-0.3, -0.25) is 0 Å². The van der Waals surface area contributed by atoms with Gasteiger partial charge < -0.3 is 16.9 Å². The van der Waals surface area contributed by atoms with Gasteiger partial charge in [0.2, 0.25) is 0 Å². The second kappa shape index (κ2) is 19.7. The third kappa shape index (κ3) is 15.9. The van der Waals surface area contributed by atoms with Crippen molar-refractivity contribution in [2.75, 3.05) is 26.2 Å². The fourth-order valence-electron chi connectivity index (χ4n) is 2.64. The van der Waals surface area contributed by atoms with Crippen molar-refractivity contribution in [1.29, 1.82) is 5.26 Å². The van der Waals surface area contributed by atoms with E-state index in [4.69, 9.17) is 5.26 Å². The van der Waals surface area contributed by atoms with Crippen LogP contribution in [0.15, 0.2) is 0 Å². The summed E-state index contributed by atoms with van der Waals surface area (Å²) in [7, 11) is 0. The second-order valence-corrected chi connectivity index (χ2v) is 5.87. The first kappa shape index (κ1) is 25.7. The SMILES string of the molecule is CC#N.CCCC[N+](CCCC)(CCCC)CCCC.[Cl-]. The van der Waals surface area contributed by atoms with Gasteiger partial charge in [-0.15, -0.1) is 0 Å². The Morgan fingerprint density at radius 3 is 1.00 bits per heavy atom. The van der Waals surface area contributed by atoms with Crippen LogP contribution in [0.1, 0.15) is 86.0 Å². The van der Waals surface area contributed by atoms with Gasteiger partial charge in [0.05, 0.1) is 32.2 Å². The zero-order valence-corrected chi connectivity index (χ0v) is 16.0. The Kier molecular flexibility index (Phi) is 24.1. The average molecular weight is 319 g/mol. The first-order valence-electron chi connectivity index (χ1n) is 8.82. The molecule has 0 saturated carbocycles. The van der Waals surface area contributed by atoms with Crippen LogP contribution in [-0.4, -0.2) is 30.7 Å². The van der Waals surface area contributed by atoms with E-state index in [9.17, 15) is 0 Å². The number of quaternary nitrogens is 1. The van der Waals surface area contributed by atoms with Crippen LogP contribution in [0.5, 0.6) is 0 Å². The lowest BCUT2D eigenvalue weighted by molar-refractivity contribution is -0.929. The highest BCUT2D eigenvalue weighted by atomic mass is 35.5. The van der Waals surface area contributed by atoms with E-state index < -0.39 is 0 Å². The predicted molar refractivity (Wildman–Crippen MR) is 90.6 cm³/mol. The van der Waals surface area contributed by atoms with E-state index >= 15 is 0 Å². The van der Waals surface area contributed by atoms with E-state index in [1.807, 2.05) is 0 Å². The fraction of sp³-hybridized carbons (Fsp3) is 0.944. The summed E-state index contributed by atoms with van der Waals surface area (Å²) in [6, 6.07) is 1.75. The summed E-state index contributed by atoms with van der Waals surface area (Å²) in [6.07, 6.45) is 11.1. The molecule has 0 aromatic heterocycles. The Hall–Kier alpha value is -0.260. The van der Waals surface area contributed by atoms with Gasteiger partial charge in [-0.05, 0) is 25.7 Å². The van der Waals surface area contributed by atoms with Crippen LogP contribution in [0.2, 0.25) is 0 Å². The van der Waals surface area contributed by atoms with Crippen molar-refractivity contribution in [2.24, 2.45) is 0 Å². The van der Waals surface area contributed by atoms with Crippen molar-refractivity contribution < 1.29 is 16.9 Å². The van der Waals surface area contributed by atoms with E-state index in [-0.39, 0.29) is 12.4 Å². The van der Waals surface area contributed by atoms with E-state index in [1.54, 1.807) is 6.07 Å². The third-order valence-electron chi connectivity index (χ3n) is 3.94. The molecule has 0 aliphatic heterocycles. The van der Waals surface area contributed by atoms with Crippen LogP contribution < -0.4 is 12.4 Å². The summed E-state index contributed by atoms with van der Waals surface area (Å²) < 4.78 is 1.42. The van der Waals surface area contributed by atoms with Crippen LogP contribution in [-0.2, 0) is 0 Å². The zero-order chi connectivity index (χ0) is 15.7. The molecule has 0 unspecified atom stereocenters. The molecule has 0 aliphatic carbocycles. The maximum Gasteiger partial charge on any atom is 0.0786 e. The Morgan fingerprint density at radius 2 is 0.857 bits per heavy atom. The lowest BCUT2D eigenvalue weighted by atomic mass is 10.1. The molecule has 0 amide bonds. The minimum Gasteiger partial charge on any atom is -1.00 e. The number of rotatable bonds is 12. The molecule has 0 N–H and O–H groups in total. The Balaban J connectivity index is -0.000000740. The van der Waals surface area contributed by atoms with Crippen molar-refractivity contribution in [1.82, 2.24) is 0 Å². The van der Waals surface area contributed by atoms with E-state index in [2.05, 4.69) is 27.7 Å². The molecule has 3 heteroatoms. The molecule has 21 heavy (non-hydrogen) atoms. The van der Waals surface area contributed by atoms with Crippen LogP contribution >= 0.6 is 0 Å². The summed E-state index contributed by atoms with van der Waals surface area (Å²) in [5.74, 6) is 0. The van der Waals surface area contributed by atoms with Crippen LogP contribution in [0.3, 0.4) is 0 Å². The molecule has 0 fully saturated rings. The first-order chi connectivity index (χ1) is 9.66. The maximum absolute atomic E-state index is 7.32. The highest BCUT2D eigenvalue weighted by molar-refractivity contribution is 4.51. The van der Waals surface area contributed by atoms with Gasteiger partial charge in [-0.2, -0.15) is 5.26 Å². The average Bonchev–Trinajstić information content (AvgIpc) is 2.46. The molecule has 0 radical (unpaired) electrons. The zero-order valence-electron chi connectivity index (χ0n) is 15.3. The highest BCUT2D eigenvalue weighted by Gasteiger charge is 2.24. The molecule has 0 rings (SSSR count). The van der Waals surface area contributed by atoms with Crippen molar-refractivity contribution in [3.8, 4) is 6.07 Å². The first-order valence-corrected chi connectivity index (χ1v) is 8.82. The summed E-state index contributed by atoms with van der Waals surface area (Å²) in [5.41, 5.74) is 0. The lowest BCUT2D eigenvalue weighted by Gasteiger charge is -2.39. The summed E-state index contributed by atoms with van der Waals surface area (Å²) in [5, 5.41) is 7.32. The predicted octanol–water partition coefficient (Wildman–Crippen LogP) is 2.54. The molecule has 0 heterocycles. The smallest absolute Gasteiger partial charge is 0.0786 e. The maximum atomic E-state index is 7.32. The van der Waals surface area contributed by atoms with E-state index in [0.29, 0.717) is 0 Å². The van der Waals surface area contributed by atoms with E-state index in [0.717, 1.165) is 0 Å². The minimum atomic E-state index is 0. The number of unbranched alkanes of at least 4 members (excludes halogenated alkanes) is 4. The van der Waals surface area contributed by atoms with Crippen molar-refractivity contribution in [3.05, 3.63) is 0 Å². The van der Waals surface area contributed by atoms with Crippen LogP contribution in [0.4, 0.5) is 0 Å². The number of nitriles is 1. The van der Waals surface area contributed by atoms with Gasteiger partial charge in [-0.1, -0.05) is 53.4 Å². The summed E-state index contributed by atoms with van der Waals surface area (Å²) in [6.45, 7) is 16.4. The van der Waals surface area contributed by atoms with E-state index in [1.165, 1.54) is 89.0 Å². The highest BCUT2D eigenvalue weighted by Crippen LogP contribution is 2.16. The molecule has 0 spiro atoms. The Morgan fingerprint density at radius 1 is 0.667 bits per heavy atom. The van der Waals surface area contributed by atoms with Gasteiger partial charge in [0.25, 0.3) is 0 Å². The Labute approximate surface area is 140 Å². The van der Waals surface area contributed by atoms with Crippen molar-refractivity contribution >= 4 is 0 Å². The number of hydrogen-bond donors (Lipinski definition) is 0. The van der Waals surface area contributed by atoms with Gasteiger partial charge in [0.1, 0.15) is 0 Å². The van der Waals surface area contributed by atoms with Crippen LogP contribution in [0, 0.1) is 11.3 Å². The summed E-state index contributed by atoms with van der Waals surface area (Å²) in [4.78, 5) is 0. The Bertz CT molecular complexity index is 186. The van der Waals surface area contributed by atoms with Gasteiger partial charge >= 0.3 is 0 Å². The monoisotopic (exact) mass is 318 g/mol. The van der Waals surface area contributed by atoms with Gasteiger partial charge in [-0.25, -0.2) is 0 Å². The molecule has 2 nitrogen and oxygen atoms in total. The fourth-order valence-corrected chi connectivity index (χ4v) is 2.64. The van der Waals surface area contributed by atoms with Gasteiger partial charge in [0, 0.05) is 6.92 Å². The molecule has 0 aliphatic rings. The second-order valence-electron chi connectivity index (χ2n) is 5.87. The number of hydrogen-bond acceptors (Lipinski definition) is 1. The normalized spacial score (nSPS) is 10.1. The molecule has 0 bridgehead atoms. The standard InChI is InChI=1S/C16H36N.C2H3N.ClH/c1-5-9-13-17(14-10-6-2,15-11-7-3)16-12-8-4;1-2-3;/h5-16H2,1-4H3;1H3;1H/q+1;;/p-1. The van der Waals surface area contributed by atoms with Crippen molar-refractivity contribution in [2.45, 2.75) is 86.0 Å². The lowest BCUT2D eigenvalue weighted by Crippen LogP contribution is -3.00. The summed E-state index contributed by atoms with van der Waals surface area (Å²) >= 11 is 0. The largest absolute Gasteiger partial charge is 1.00 e. The third-order valence-corrected chi connectivity index (χ3v) is 3.94. The molecule has 0 atom stereocenters. The minimum absolute atomic E-state index is 0. The molecule has 0 saturated heterocycles. The molecule has 128 valence electrons. The topological polar surface area (TPSA) is 23.8 Å². The molecule has 0 aromatic carbocycles. The number of halogens is 1. The van der Waals surface area contributed by atoms with Gasteiger partial charge in [0.15, 0.2) is 0 Å². The molecule has 0 aromatic rings. The molecular formula is C18H39ClN2. The van der Waals surface area contributed by atoms with Crippen LogP contribution in [0.25, 0.3) is 0 Å². The van der Waals surface area contributed by atoms with Crippen molar-refractivity contribution in [3.63, 3.8) is 0 Å².